The Hall–Kier alpha value is -1.58. The van der Waals surface area contributed by atoms with Gasteiger partial charge in [0.15, 0.2) is 0 Å². The standard InChI is InChI=1S/C7H7N3O.C2H6/c1-11-7-4-2-3-6-5-8-9-10(6)7;1-2/h2-5H,1H3;1-2H3. The number of hydrogen-bond donors (Lipinski definition) is 0. The Morgan fingerprint density at radius 2 is 2.08 bits per heavy atom. The molecule has 2 heterocycles. The molecule has 13 heavy (non-hydrogen) atoms. The van der Waals surface area contributed by atoms with Crippen LogP contribution in [0.4, 0.5) is 0 Å². The molecule has 0 bridgehead atoms. The number of rotatable bonds is 1. The molecule has 0 aliphatic rings. The van der Waals surface area contributed by atoms with E-state index in [1.807, 2.05) is 32.0 Å². The van der Waals surface area contributed by atoms with E-state index in [1.165, 1.54) is 0 Å². The maximum absolute atomic E-state index is 5.05. The molecular weight excluding hydrogens is 166 g/mol. The quantitative estimate of drug-likeness (QED) is 0.669. The minimum absolute atomic E-state index is 0.694. The Morgan fingerprint density at radius 3 is 2.77 bits per heavy atom. The molecule has 70 valence electrons. The van der Waals surface area contributed by atoms with Crippen molar-refractivity contribution >= 4 is 5.52 Å². The summed E-state index contributed by atoms with van der Waals surface area (Å²) in [5.74, 6) is 0.694. The highest BCUT2D eigenvalue weighted by Crippen LogP contribution is 2.10. The summed E-state index contributed by atoms with van der Waals surface area (Å²) in [5.41, 5.74) is 0.935. The van der Waals surface area contributed by atoms with Gasteiger partial charge in [0.25, 0.3) is 0 Å². The Balaban J connectivity index is 0.000000396. The minimum Gasteiger partial charge on any atom is -0.481 e. The van der Waals surface area contributed by atoms with E-state index < -0.39 is 0 Å². The van der Waals surface area contributed by atoms with E-state index in [2.05, 4.69) is 10.3 Å². The summed E-state index contributed by atoms with van der Waals surface area (Å²) in [6.07, 6.45) is 1.68. The molecule has 0 spiro atoms. The first-order valence-corrected chi connectivity index (χ1v) is 4.25. The van der Waals surface area contributed by atoms with Crippen LogP contribution in [0.15, 0.2) is 24.4 Å². The fourth-order valence-corrected chi connectivity index (χ4v) is 0.982. The van der Waals surface area contributed by atoms with Crippen molar-refractivity contribution in [1.29, 1.82) is 0 Å². The van der Waals surface area contributed by atoms with Gasteiger partial charge in [-0.1, -0.05) is 25.1 Å². The third-order valence-electron chi connectivity index (χ3n) is 1.50. The summed E-state index contributed by atoms with van der Waals surface area (Å²) in [6.45, 7) is 4.00. The molecular formula is C9H13N3O. The number of ether oxygens (including phenoxy) is 1. The highest BCUT2D eigenvalue weighted by Gasteiger charge is 1.98. The van der Waals surface area contributed by atoms with E-state index in [4.69, 9.17) is 4.74 Å². The number of methoxy groups -OCH3 is 1. The van der Waals surface area contributed by atoms with Crippen LogP contribution in [0.2, 0.25) is 0 Å². The van der Waals surface area contributed by atoms with Crippen LogP contribution in [0.1, 0.15) is 13.8 Å². The molecule has 4 heteroatoms. The van der Waals surface area contributed by atoms with Gasteiger partial charge >= 0.3 is 0 Å². The van der Waals surface area contributed by atoms with Gasteiger partial charge in [-0.3, -0.25) is 0 Å². The summed E-state index contributed by atoms with van der Waals surface area (Å²) in [7, 11) is 1.61. The molecule has 0 atom stereocenters. The van der Waals surface area contributed by atoms with E-state index in [9.17, 15) is 0 Å². The number of nitrogens with zero attached hydrogens (tertiary/aromatic N) is 3. The molecule has 0 fully saturated rings. The smallest absolute Gasteiger partial charge is 0.216 e. The zero-order valence-electron chi connectivity index (χ0n) is 8.06. The molecule has 0 saturated heterocycles. The zero-order valence-corrected chi connectivity index (χ0v) is 8.06. The number of pyridine rings is 1. The lowest BCUT2D eigenvalue weighted by atomic mass is 10.4. The second kappa shape index (κ2) is 4.45. The first kappa shape index (κ1) is 9.51. The molecule has 2 aromatic rings. The summed E-state index contributed by atoms with van der Waals surface area (Å²) in [5, 5.41) is 7.57. The largest absolute Gasteiger partial charge is 0.481 e. The second-order valence-corrected chi connectivity index (χ2v) is 2.14. The van der Waals surface area contributed by atoms with Crippen LogP contribution in [-0.2, 0) is 0 Å². The first-order valence-electron chi connectivity index (χ1n) is 4.25. The van der Waals surface area contributed by atoms with Crippen LogP contribution in [0, 0.1) is 0 Å². The maximum atomic E-state index is 5.05. The van der Waals surface area contributed by atoms with Gasteiger partial charge in [-0.05, 0) is 6.07 Å². The van der Waals surface area contributed by atoms with Crippen LogP contribution in [-0.4, -0.2) is 21.9 Å². The number of aromatic nitrogens is 3. The van der Waals surface area contributed by atoms with Crippen molar-refractivity contribution in [3.05, 3.63) is 24.4 Å². The third-order valence-corrected chi connectivity index (χ3v) is 1.50. The van der Waals surface area contributed by atoms with Gasteiger partial charge < -0.3 is 4.74 Å². The molecule has 0 aliphatic heterocycles. The van der Waals surface area contributed by atoms with Crippen molar-refractivity contribution in [1.82, 2.24) is 14.8 Å². The van der Waals surface area contributed by atoms with Crippen molar-refractivity contribution in [2.24, 2.45) is 0 Å². The Kier molecular flexibility index (Phi) is 3.25. The molecule has 0 aromatic carbocycles. The van der Waals surface area contributed by atoms with Crippen LogP contribution in [0.5, 0.6) is 5.88 Å². The van der Waals surface area contributed by atoms with Gasteiger partial charge in [0.05, 0.1) is 18.8 Å². The average molecular weight is 179 g/mol. The molecule has 0 amide bonds. The number of hydrogen-bond acceptors (Lipinski definition) is 3. The van der Waals surface area contributed by atoms with Crippen LogP contribution in [0.25, 0.3) is 5.52 Å². The summed E-state index contributed by atoms with van der Waals surface area (Å²) >= 11 is 0. The van der Waals surface area contributed by atoms with Gasteiger partial charge in [-0.25, -0.2) is 0 Å². The SMILES string of the molecule is CC.COc1cccc2cnnn12. The van der Waals surface area contributed by atoms with Crippen molar-refractivity contribution in [2.75, 3.05) is 7.11 Å². The van der Waals surface area contributed by atoms with Crippen molar-refractivity contribution in [3.63, 3.8) is 0 Å². The molecule has 0 radical (unpaired) electrons. The Bertz CT molecular complexity index is 370. The maximum Gasteiger partial charge on any atom is 0.216 e. The monoisotopic (exact) mass is 179 g/mol. The molecule has 0 aliphatic carbocycles. The van der Waals surface area contributed by atoms with E-state index in [0.717, 1.165) is 5.52 Å². The molecule has 0 saturated carbocycles. The molecule has 4 nitrogen and oxygen atoms in total. The third kappa shape index (κ3) is 1.77. The normalized spacial score (nSPS) is 9.15. The average Bonchev–Trinajstić information content (AvgIpc) is 2.68. The van der Waals surface area contributed by atoms with E-state index in [0.29, 0.717) is 5.88 Å². The van der Waals surface area contributed by atoms with Crippen LogP contribution >= 0.6 is 0 Å². The summed E-state index contributed by atoms with van der Waals surface area (Å²) in [6, 6.07) is 5.65. The molecule has 2 aromatic heterocycles. The van der Waals surface area contributed by atoms with Gasteiger partial charge in [-0.15, -0.1) is 5.10 Å². The van der Waals surface area contributed by atoms with Crippen LogP contribution < -0.4 is 4.74 Å². The van der Waals surface area contributed by atoms with E-state index in [1.54, 1.807) is 17.8 Å². The summed E-state index contributed by atoms with van der Waals surface area (Å²) < 4.78 is 6.69. The van der Waals surface area contributed by atoms with Gasteiger partial charge in [-0.2, -0.15) is 4.52 Å². The summed E-state index contributed by atoms with van der Waals surface area (Å²) in [4.78, 5) is 0. The Labute approximate surface area is 77.1 Å². The lowest BCUT2D eigenvalue weighted by Crippen LogP contribution is -1.94. The number of fused-ring (bicyclic) bond motifs is 1. The highest BCUT2D eigenvalue weighted by atomic mass is 16.5. The van der Waals surface area contributed by atoms with Gasteiger partial charge in [0, 0.05) is 6.07 Å². The van der Waals surface area contributed by atoms with Gasteiger partial charge in [0.1, 0.15) is 0 Å². The minimum atomic E-state index is 0.694. The topological polar surface area (TPSA) is 39.4 Å². The predicted molar refractivity (Wildman–Crippen MR) is 50.9 cm³/mol. The van der Waals surface area contributed by atoms with Crippen molar-refractivity contribution in [3.8, 4) is 5.88 Å². The van der Waals surface area contributed by atoms with Gasteiger partial charge in [0.2, 0.25) is 5.88 Å². The van der Waals surface area contributed by atoms with Crippen molar-refractivity contribution < 1.29 is 4.74 Å². The first-order chi connectivity index (χ1) is 6.42. The molecule has 0 unspecified atom stereocenters. The lowest BCUT2D eigenvalue weighted by Gasteiger charge is -1.99. The van der Waals surface area contributed by atoms with E-state index >= 15 is 0 Å². The zero-order chi connectivity index (χ0) is 9.68. The van der Waals surface area contributed by atoms with E-state index in [-0.39, 0.29) is 0 Å². The molecule has 0 N–H and O–H groups in total. The van der Waals surface area contributed by atoms with Crippen LogP contribution in [0.3, 0.4) is 0 Å². The predicted octanol–water partition coefficient (Wildman–Crippen LogP) is 1.76. The highest BCUT2D eigenvalue weighted by molar-refractivity contribution is 5.45. The second-order valence-electron chi connectivity index (χ2n) is 2.14. The van der Waals surface area contributed by atoms with Crippen molar-refractivity contribution in [2.45, 2.75) is 13.8 Å². The Morgan fingerprint density at radius 1 is 1.31 bits per heavy atom. The fourth-order valence-electron chi connectivity index (χ4n) is 0.982. The molecule has 2 rings (SSSR count). The fraction of sp³-hybridized carbons (Fsp3) is 0.333. The lowest BCUT2D eigenvalue weighted by molar-refractivity contribution is 0.384.